The molecule has 4 rings (SSSR count). The van der Waals surface area contributed by atoms with Gasteiger partial charge < -0.3 is 14.2 Å². The van der Waals surface area contributed by atoms with Crippen LogP contribution in [0.1, 0.15) is 29.7 Å². The second-order valence-electron chi connectivity index (χ2n) is 8.85. The molecule has 9 heteroatoms. The first-order valence-electron chi connectivity index (χ1n) is 11.9. The van der Waals surface area contributed by atoms with Gasteiger partial charge in [0.15, 0.2) is 0 Å². The van der Waals surface area contributed by atoms with Crippen LogP contribution in [0.2, 0.25) is 0 Å². The summed E-state index contributed by atoms with van der Waals surface area (Å²) in [6.45, 7) is 5.13. The maximum Gasteiger partial charge on any atom is 0.228 e. The number of carbonyl (C=O) groups excluding carboxylic acids is 1. The fourth-order valence-corrected chi connectivity index (χ4v) is 5.84. The summed E-state index contributed by atoms with van der Waals surface area (Å²) in [6.07, 6.45) is 4.87. The first-order chi connectivity index (χ1) is 17.4. The predicted molar refractivity (Wildman–Crippen MR) is 134 cm³/mol. The minimum atomic E-state index is -3.97. The molecule has 0 spiro atoms. The summed E-state index contributed by atoms with van der Waals surface area (Å²) in [5.74, 6) is -1.20. The number of hydrogen-bond donors (Lipinski definition) is 0. The van der Waals surface area contributed by atoms with Gasteiger partial charge in [0.05, 0.1) is 43.3 Å². The van der Waals surface area contributed by atoms with Crippen molar-refractivity contribution in [2.45, 2.75) is 49.4 Å². The minimum absolute atomic E-state index is 0.0806. The van der Waals surface area contributed by atoms with E-state index in [0.29, 0.717) is 18.8 Å². The molecule has 1 aliphatic rings. The molecule has 36 heavy (non-hydrogen) atoms. The van der Waals surface area contributed by atoms with Crippen molar-refractivity contribution in [3.05, 3.63) is 96.1 Å². The van der Waals surface area contributed by atoms with E-state index in [2.05, 4.69) is 11.6 Å². The lowest BCUT2D eigenvalue weighted by molar-refractivity contribution is -0.130. The second-order valence-corrected chi connectivity index (χ2v) is 10.7. The normalized spacial score (nSPS) is 15.6. The number of ether oxygens (including phenoxy) is 1. The van der Waals surface area contributed by atoms with Gasteiger partial charge in [-0.3, -0.25) is 4.79 Å². The smallest absolute Gasteiger partial charge is 0.228 e. The third-order valence-corrected chi connectivity index (χ3v) is 7.72. The molecule has 0 bridgehead atoms. The number of halogens is 1. The molecular formula is C27H30FN3O4S. The molecule has 0 radical (unpaired) electrons. The largest absolute Gasteiger partial charge is 0.376 e. The molecule has 3 aromatic rings. The highest BCUT2D eigenvalue weighted by molar-refractivity contribution is 7.90. The molecule has 1 aromatic heterocycles. The van der Waals surface area contributed by atoms with E-state index in [1.165, 1.54) is 24.4 Å². The summed E-state index contributed by atoms with van der Waals surface area (Å²) < 4.78 is 48.3. The van der Waals surface area contributed by atoms with Crippen LogP contribution in [0.3, 0.4) is 0 Å². The molecule has 1 saturated heterocycles. The van der Waals surface area contributed by atoms with Crippen molar-refractivity contribution in [3.8, 4) is 0 Å². The van der Waals surface area contributed by atoms with Gasteiger partial charge in [0.1, 0.15) is 5.82 Å². The average molecular weight is 512 g/mol. The summed E-state index contributed by atoms with van der Waals surface area (Å²) >= 11 is 0. The quantitative estimate of drug-likeness (QED) is 0.365. The molecule has 190 valence electrons. The van der Waals surface area contributed by atoms with Crippen LogP contribution in [0, 0.1) is 5.82 Å². The highest BCUT2D eigenvalue weighted by Gasteiger charge is 2.28. The van der Waals surface area contributed by atoms with Crippen LogP contribution < -0.4 is 0 Å². The third kappa shape index (κ3) is 6.27. The summed E-state index contributed by atoms with van der Waals surface area (Å²) in [7, 11) is -3.97. The van der Waals surface area contributed by atoms with Gasteiger partial charge in [-0.2, -0.15) is 0 Å². The number of nitrogens with zero attached hydrogens (tertiary/aromatic N) is 3. The molecule has 1 aliphatic heterocycles. The summed E-state index contributed by atoms with van der Waals surface area (Å²) in [6, 6.07) is 15.2. The average Bonchev–Trinajstić information content (AvgIpc) is 3.52. The van der Waals surface area contributed by atoms with Gasteiger partial charge in [-0.15, -0.1) is 6.58 Å². The monoisotopic (exact) mass is 511 g/mol. The van der Waals surface area contributed by atoms with Gasteiger partial charge >= 0.3 is 0 Å². The van der Waals surface area contributed by atoms with Crippen LogP contribution in [0.15, 0.2) is 78.6 Å². The third-order valence-electron chi connectivity index (χ3n) is 6.15. The Morgan fingerprint density at radius 3 is 2.64 bits per heavy atom. The molecule has 1 atom stereocenters. The number of sulfone groups is 1. The zero-order valence-electron chi connectivity index (χ0n) is 20.1. The number of carbonyl (C=O) groups is 1. The van der Waals surface area contributed by atoms with Crippen LogP contribution in [-0.4, -0.2) is 48.0 Å². The summed E-state index contributed by atoms with van der Waals surface area (Å²) in [4.78, 5) is 19.0. The topological polar surface area (TPSA) is 81.5 Å². The van der Waals surface area contributed by atoms with Crippen molar-refractivity contribution in [1.82, 2.24) is 14.5 Å². The Hall–Kier alpha value is -3.30. The standard InChI is InChI=1S/C27H30FN3O4S/c1-2-14-30(26(32)16-21-9-4-3-5-10-21)18-23-17-29-27(31(23)19-24-12-8-15-35-24)36(33,34)20-22-11-6-7-13-25(22)28/h2-7,9-11,13,17,24H,1,8,12,14-16,18-20H2/t24-/m1/s1. The highest BCUT2D eigenvalue weighted by Crippen LogP contribution is 2.23. The van der Waals surface area contributed by atoms with E-state index in [1.54, 1.807) is 21.6 Å². The minimum Gasteiger partial charge on any atom is -0.376 e. The molecule has 0 aliphatic carbocycles. The van der Waals surface area contributed by atoms with Crippen molar-refractivity contribution in [2.75, 3.05) is 13.2 Å². The number of hydrogen-bond acceptors (Lipinski definition) is 5. The lowest BCUT2D eigenvalue weighted by atomic mass is 10.1. The van der Waals surface area contributed by atoms with Crippen molar-refractivity contribution in [1.29, 1.82) is 0 Å². The van der Waals surface area contributed by atoms with Crippen LogP contribution in [-0.2, 0) is 44.6 Å². The van der Waals surface area contributed by atoms with Crippen LogP contribution in [0.4, 0.5) is 4.39 Å². The lowest BCUT2D eigenvalue weighted by Crippen LogP contribution is -2.33. The number of rotatable bonds is 11. The summed E-state index contributed by atoms with van der Waals surface area (Å²) in [5.41, 5.74) is 1.54. The maximum absolute atomic E-state index is 14.2. The number of imidazole rings is 1. The zero-order chi connectivity index (χ0) is 25.5. The SMILES string of the molecule is C=CCN(Cc1cnc(S(=O)(=O)Cc2ccccc2F)n1C[C@H]1CCCO1)C(=O)Cc1ccccc1. The molecule has 0 N–H and O–H groups in total. The van der Waals surface area contributed by atoms with E-state index in [4.69, 9.17) is 4.74 Å². The number of benzene rings is 2. The second kappa shape index (κ2) is 11.6. The first kappa shape index (κ1) is 25.8. The van der Waals surface area contributed by atoms with E-state index >= 15 is 0 Å². The van der Waals surface area contributed by atoms with Gasteiger partial charge in [-0.25, -0.2) is 17.8 Å². The number of aromatic nitrogens is 2. The van der Waals surface area contributed by atoms with E-state index in [1.807, 2.05) is 30.3 Å². The fourth-order valence-electron chi connectivity index (χ4n) is 4.33. The highest BCUT2D eigenvalue weighted by atomic mass is 32.2. The molecule has 1 fully saturated rings. The van der Waals surface area contributed by atoms with Gasteiger partial charge in [-0.05, 0) is 24.5 Å². The van der Waals surface area contributed by atoms with Crippen molar-refractivity contribution < 1.29 is 22.3 Å². The first-order valence-corrected chi connectivity index (χ1v) is 13.6. The zero-order valence-corrected chi connectivity index (χ0v) is 20.9. The molecule has 7 nitrogen and oxygen atoms in total. The maximum atomic E-state index is 14.2. The number of amides is 1. The Kier molecular flexibility index (Phi) is 8.32. The van der Waals surface area contributed by atoms with Crippen LogP contribution in [0.25, 0.3) is 0 Å². The Morgan fingerprint density at radius 1 is 1.19 bits per heavy atom. The fraction of sp³-hybridized carbons (Fsp3) is 0.333. The molecule has 2 heterocycles. The molecule has 1 amide bonds. The van der Waals surface area contributed by atoms with Crippen LogP contribution >= 0.6 is 0 Å². The van der Waals surface area contributed by atoms with Crippen molar-refractivity contribution in [2.24, 2.45) is 0 Å². The van der Waals surface area contributed by atoms with E-state index in [-0.39, 0.29) is 42.2 Å². The predicted octanol–water partition coefficient (Wildman–Crippen LogP) is 3.93. The molecule has 0 unspecified atom stereocenters. The molecule has 2 aromatic carbocycles. The summed E-state index contributed by atoms with van der Waals surface area (Å²) in [5, 5.41) is -0.148. The van der Waals surface area contributed by atoms with Gasteiger partial charge in [-0.1, -0.05) is 54.6 Å². The Balaban J connectivity index is 1.63. The van der Waals surface area contributed by atoms with Crippen molar-refractivity contribution >= 4 is 15.7 Å². The van der Waals surface area contributed by atoms with Gasteiger partial charge in [0, 0.05) is 18.7 Å². The Morgan fingerprint density at radius 2 is 1.94 bits per heavy atom. The Bertz CT molecular complexity index is 1300. The van der Waals surface area contributed by atoms with E-state index < -0.39 is 21.4 Å². The molecular weight excluding hydrogens is 481 g/mol. The molecule has 0 saturated carbocycles. The van der Waals surface area contributed by atoms with Crippen LogP contribution in [0.5, 0.6) is 0 Å². The van der Waals surface area contributed by atoms with E-state index in [0.717, 1.165) is 18.4 Å². The Labute approximate surface area is 211 Å². The lowest BCUT2D eigenvalue weighted by Gasteiger charge is -2.23. The van der Waals surface area contributed by atoms with Crippen molar-refractivity contribution in [3.63, 3.8) is 0 Å². The van der Waals surface area contributed by atoms with Gasteiger partial charge in [0.25, 0.3) is 0 Å². The van der Waals surface area contributed by atoms with E-state index in [9.17, 15) is 17.6 Å². The van der Waals surface area contributed by atoms with Gasteiger partial charge in [0.2, 0.25) is 20.9 Å².